The van der Waals surface area contributed by atoms with Crippen LogP contribution in [0.25, 0.3) is 10.9 Å². The van der Waals surface area contributed by atoms with E-state index < -0.39 is 5.60 Å². The van der Waals surface area contributed by atoms with Crippen LogP contribution in [-0.4, -0.2) is 40.0 Å². The molecule has 0 radical (unpaired) electrons. The number of carbonyl (C=O) groups excluding carboxylic acids is 1. The van der Waals surface area contributed by atoms with Crippen molar-refractivity contribution in [3.05, 3.63) is 22.8 Å². The highest BCUT2D eigenvalue weighted by molar-refractivity contribution is 9.10. The summed E-state index contributed by atoms with van der Waals surface area (Å²) in [5.74, 6) is 0.741. The molecule has 0 saturated carbocycles. The summed E-state index contributed by atoms with van der Waals surface area (Å²) in [5, 5.41) is 5.68. The van der Waals surface area contributed by atoms with Crippen LogP contribution in [0.1, 0.15) is 46.2 Å². The van der Waals surface area contributed by atoms with Crippen LogP contribution in [0.2, 0.25) is 0 Å². The summed E-state index contributed by atoms with van der Waals surface area (Å²) < 4.78 is 13.7. The van der Waals surface area contributed by atoms with Crippen LogP contribution < -0.4 is 4.74 Å². The fourth-order valence-electron chi connectivity index (χ4n) is 3.08. The van der Waals surface area contributed by atoms with E-state index in [2.05, 4.69) is 21.0 Å². The number of ether oxygens (including phenoxy) is 2. The average molecular weight is 410 g/mol. The fourth-order valence-corrected chi connectivity index (χ4v) is 3.60. The molecule has 0 spiro atoms. The Hall–Kier alpha value is -1.76. The van der Waals surface area contributed by atoms with Gasteiger partial charge in [0.25, 0.3) is 0 Å². The zero-order valence-corrected chi connectivity index (χ0v) is 16.7. The van der Waals surface area contributed by atoms with Crippen molar-refractivity contribution in [1.82, 2.24) is 14.7 Å². The predicted molar refractivity (Wildman–Crippen MR) is 99.8 cm³/mol. The van der Waals surface area contributed by atoms with Gasteiger partial charge in [0.05, 0.1) is 17.1 Å². The van der Waals surface area contributed by atoms with E-state index in [0.717, 1.165) is 40.4 Å². The van der Waals surface area contributed by atoms with Gasteiger partial charge < -0.3 is 9.47 Å². The number of nitrogens with zero attached hydrogens (tertiary/aromatic N) is 3. The van der Waals surface area contributed by atoms with Gasteiger partial charge in [-0.25, -0.2) is 9.48 Å². The molecule has 1 unspecified atom stereocenters. The van der Waals surface area contributed by atoms with Gasteiger partial charge in [-0.15, -0.1) is 0 Å². The Bertz CT molecular complexity index is 782. The van der Waals surface area contributed by atoms with Gasteiger partial charge in [0, 0.05) is 24.2 Å². The molecule has 0 N–H and O–H groups in total. The summed E-state index contributed by atoms with van der Waals surface area (Å²) >= 11 is 3.50. The van der Waals surface area contributed by atoms with E-state index in [1.807, 2.05) is 43.8 Å². The van der Waals surface area contributed by atoms with E-state index in [9.17, 15) is 4.79 Å². The molecule has 1 saturated heterocycles. The number of methoxy groups -OCH3 is 1. The molecule has 1 aromatic heterocycles. The molecule has 1 aliphatic rings. The molecule has 1 aromatic carbocycles. The first-order valence-corrected chi connectivity index (χ1v) is 9.30. The van der Waals surface area contributed by atoms with Gasteiger partial charge in [-0.3, -0.25) is 4.90 Å². The van der Waals surface area contributed by atoms with E-state index in [1.54, 1.807) is 12.0 Å². The number of carbonyl (C=O) groups is 1. The van der Waals surface area contributed by atoms with Crippen molar-refractivity contribution in [3.63, 3.8) is 0 Å². The molecule has 1 amide bonds. The largest absolute Gasteiger partial charge is 0.495 e. The number of hydrogen-bond acceptors (Lipinski definition) is 4. The first-order valence-electron chi connectivity index (χ1n) is 8.50. The van der Waals surface area contributed by atoms with E-state index in [1.165, 1.54) is 0 Å². The highest BCUT2D eigenvalue weighted by Crippen LogP contribution is 2.32. The molecule has 3 rings (SSSR count). The number of amides is 1. The zero-order valence-electron chi connectivity index (χ0n) is 15.1. The van der Waals surface area contributed by atoms with Gasteiger partial charge in [0.1, 0.15) is 17.5 Å². The molecular weight excluding hydrogens is 386 g/mol. The molecule has 7 heteroatoms. The second-order valence-electron chi connectivity index (χ2n) is 7.30. The van der Waals surface area contributed by atoms with E-state index in [0.29, 0.717) is 6.54 Å². The molecule has 0 bridgehead atoms. The van der Waals surface area contributed by atoms with Gasteiger partial charge >= 0.3 is 6.09 Å². The van der Waals surface area contributed by atoms with Crippen LogP contribution >= 0.6 is 15.9 Å². The van der Waals surface area contributed by atoms with Crippen LogP contribution in [0.5, 0.6) is 5.75 Å². The molecule has 1 atom stereocenters. The van der Waals surface area contributed by atoms with Crippen molar-refractivity contribution in [2.45, 2.75) is 51.8 Å². The minimum atomic E-state index is -0.508. The molecular formula is C18H24BrN3O3. The predicted octanol–water partition coefficient (Wildman–Crippen LogP) is 4.73. The Labute approximate surface area is 156 Å². The third-order valence-electron chi connectivity index (χ3n) is 4.20. The number of hydrogen-bond donors (Lipinski definition) is 0. The van der Waals surface area contributed by atoms with Crippen molar-refractivity contribution in [1.29, 1.82) is 0 Å². The molecule has 0 aliphatic carbocycles. The topological polar surface area (TPSA) is 56.6 Å². The highest BCUT2D eigenvalue weighted by atomic mass is 79.9. The number of rotatable bonds is 2. The number of fused-ring (bicyclic) bond motifs is 1. The number of likely N-dealkylation sites (tertiary alicyclic amines) is 1. The standard InChI is InChI=1S/C18H24BrN3O3/c1-18(2,3)25-17(23)21-8-6-5-7-16(21)22-11-12-9-13(19)15(24-4)10-14(12)20-22/h9-11,16H,5-8H2,1-4H3. The second-order valence-corrected chi connectivity index (χ2v) is 8.16. The van der Waals surface area contributed by atoms with E-state index in [4.69, 9.17) is 9.47 Å². The molecule has 1 fully saturated rings. The third-order valence-corrected chi connectivity index (χ3v) is 4.82. The van der Waals surface area contributed by atoms with Crippen LogP contribution in [0, 0.1) is 0 Å². The Kier molecular flexibility index (Phi) is 4.95. The molecule has 25 heavy (non-hydrogen) atoms. The lowest BCUT2D eigenvalue weighted by atomic mass is 10.1. The molecule has 136 valence electrons. The number of benzene rings is 1. The molecule has 1 aliphatic heterocycles. The lowest BCUT2D eigenvalue weighted by molar-refractivity contribution is -0.00332. The van der Waals surface area contributed by atoms with Crippen LogP contribution in [0.15, 0.2) is 22.8 Å². The summed E-state index contributed by atoms with van der Waals surface area (Å²) in [6, 6.07) is 3.88. The Morgan fingerprint density at radius 1 is 1.32 bits per heavy atom. The Balaban J connectivity index is 1.92. The monoisotopic (exact) mass is 409 g/mol. The number of halogens is 1. The quantitative estimate of drug-likeness (QED) is 0.719. The first kappa shape index (κ1) is 18.0. The van der Waals surface area contributed by atoms with Gasteiger partial charge in [0.15, 0.2) is 0 Å². The third kappa shape index (κ3) is 3.92. The molecule has 6 nitrogen and oxygen atoms in total. The summed E-state index contributed by atoms with van der Waals surface area (Å²) in [7, 11) is 1.63. The normalized spacial score (nSPS) is 18.4. The average Bonchev–Trinajstić information content (AvgIpc) is 2.95. The number of aromatic nitrogens is 2. The van der Waals surface area contributed by atoms with Gasteiger partial charge in [-0.1, -0.05) is 0 Å². The smallest absolute Gasteiger partial charge is 0.411 e. The summed E-state index contributed by atoms with van der Waals surface area (Å²) in [6.45, 7) is 6.34. The van der Waals surface area contributed by atoms with Crippen molar-refractivity contribution < 1.29 is 14.3 Å². The fraction of sp³-hybridized carbons (Fsp3) is 0.556. The molecule has 2 heterocycles. The lowest BCUT2D eigenvalue weighted by Crippen LogP contribution is -2.44. The van der Waals surface area contributed by atoms with E-state index in [-0.39, 0.29) is 12.3 Å². The van der Waals surface area contributed by atoms with Gasteiger partial charge in [0.2, 0.25) is 0 Å². The van der Waals surface area contributed by atoms with Gasteiger partial charge in [-0.2, -0.15) is 5.10 Å². The van der Waals surface area contributed by atoms with Crippen molar-refractivity contribution in [3.8, 4) is 5.75 Å². The zero-order chi connectivity index (χ0) is 18.2. The van der Waals surface area contributed by atoms with E-state index >= 15 is 0 Å². The second kappa shape index (κ2) is 6.86. The van der Waals surface area contributed by atoms with Crippen molar-refractivity contribution >= 4 is 32.9 Å². The van der Waals surface area contributed by atoms with Crippen molar-refractivity contribution in [2.75, 3.05) is 13.7 Å². The van der Waals surface area contributed by atoms with Crippen LogP contribution in [0.3, 0.4) is 0 Å². The first-order chi connectivity index (χ1) is 11.8. The van der Waals surface area contributed by atoms with Gasteiger partial charge in [-0.05, 0) is 62.0 Å². The maximum atomic E-state index is 12.6. The van der Waals surface area contributed by atoms with Crippen LogP contribution in [0.4, 0.5) is 4.79 Å². The summed E-state index contributed by atoms with van der Waals surface area (Å²) in [6.07, 6.45) is 4.48. The Morgan fingerprint density at radius 2 is 2.08 bits per heavy atom. The summed E-state index contributed by atoms with van der Waals surface area (Å²) in [4.78, 5) is 14.4. The highest BCUT2D eigenvalue weighted by Gasteiger charge is 2.32. The summed E-state index contributed by atoms with van der Waals surface area (Å²) in [5.41, 5.74) is 0.335. The van der Waals surface area contributed by atoms with Crippen molar-refractivity contribution in [2.24, 2.45) is 0 Å². The SMILES string of the molecule is COc1cc2nn(C3CCCCN3C(=O)OC(C)(C)C)cc2cc1Br. The molecule has 2 aromatic rings. The van der Waals surface area contributed by atoms with Crippen LogP contribution in [-0.2, 0) is 4.74 Å². The minimum absolute atomic E-state index is 0.124. The number of piperidine rings is 1. The maximum absolute atomic E-state index is 12.6. The minimum Gasteiger partial charge on any atom is -0.495 e. The lowest BCUT2D eigenvalue weighted by Gasteiger charge is -2.36. The Morgan fingerprint density at radius 3 is 2.76 bits per heavy atom. The maximum Gasteiger partial charge on any atom is 0.411 e.